The van der Waals surface area contributed by atoms with Crippen LogP contribution in [-0.2, 0) is 4.79 Å². The van der Waals surface area contributed by atoms with Crippen molar-refractivity contribution >= 4 is 16.7 Å². The van der Waals surface area contributed by atoms with Crippen LogP contribution >= 0.6 is 0 Å². The molecule has 0 saturated heterocycles. The minimum absolute atomic E-state index is 0.160. The first kappa shape index (κ1) is 20.1. The molecule has 2 atom stereocenters. The SMILES string of the molecule is COc1ccc2c(c1)OC(C)(C)C[C@H]2NC(=O)[C@H](C)Oc1ccc2ccccc2c1. The van der Waals surface area contributed by atoms with Gasteiger partial charge in [-0.05, 0) is 55.8 Å². The molecule has 3 aromatic rings. The Morgan fingerprint density at radius 1 is 1.07 bits per heavy atom. The minimum Gasteiger partial charge on any atom is -0.497 e. The quantitative estimate of drug-likeness (QED) is 0.647. The lowest BCUT2D eigenvalue weighted by Gasteiger charge is -2.38. The summed E-state index contributed by atoms with van der Waals surface area (Å²) in [5, 5.41) is 5.36. The van der Waals surface area contributed by atoms with Crippen LogP contribution in [0.3, 0.4) is 0 Å². The smallest absolute Gasteiger partial charge is 0.261 e. The molecule has 30 heavy (non-hydrogen) atoms. The standard InChI is InChI=1S/C25H27NO4/c1-16(29-20-10-9-17-7-5-6-8-18(17)13-20)24(27)26-22-15-25(2,3)30-23-14-19(28-4)11-12-21(22)23/h5-14,16,22H,15H2,1-4H3,(H,26,27)/t16-,22+/m0/s1. The maximum absolute atomic E-state index is 12.9. The van der Waals surface area contributed by atoms with E-state index < -0.39 is 11.7 Å². The van der Waals surface area contributed by atoms with Gasteiger partial charge in [-0.1, -0.05) is 30.3 Å². The van der Waals surface area contributed by atoms with Gasteiger partial charge in [0.1, 0.15) is 22.8 Å². The number of hydrogen-bond acceptors (Lipinski definition) is 4. The molecule has 0 bridgehead atoms. The van der Waals surface area contributed by atoms with Crippen LogP contribution in [0.1, 0.15) is 38.8 Å². The van der Waals surface area contributed by atoms with E-state index in [9.17, 15) is 4.79 Å². The molecule has 0 radical (unpaired) electrons. The summed E-state index contributed by atoms with van der Waals surface area (Å²) in [6, 6.07) is 19.5. The number of carbonyl (C=O) groups excluding carboxylic acids is 1. The monoisotopic (exact) mass is 405 g/mol. The normalized spacial score (nSPS) is 18.1. The average Bonchev–Trinajstić information content (AvgIpc) is 2.72. The molecule has 0 unspecified atom stereocenters. The zero-order valence-electron chi connectivity index (χ0n) is 17.8. The Labute approximate surface area is 177 Å². The number of carbonyl (C=O) groups is 1. The van der Waals surface area contributed by atoms with Crippen LogP contribution in [0.4, 0.5) is 0 Å². The molecule has 5 heteroatoms. The van der Waals surface area contributed by atoms with Crippen LogP contribution in [0, 0.1) is 0 Å². The van der Waals surface area contributed by atoms with Crippen molar-refractivity contribution in [2.75, 3.05) is 7.11 Å². The van der Waals surface area contributed by atoms with Gasteiger partial charge in [-0.2, -0.15) is 0 Å². The fourth-order valence-electron chi connectivity index (χ4n) is 3.88. The van der Waals surface area contributed by atoms with Crippen LogP contribution in [0.15, 0.2) is 60.7 Å². The molecule has 5 nitrogen and oxygen atoms in total. The first-order valence-electron chi connectivity index (χ1n) is 10.2. The highest BCUT2D eigenvalue weighted by Crippen LogP contribution is 2.41. The minimum atomic E-state index is -0.626. The van der Waals surface area contributed by atoms with Gasteiger partial charge in [-0.25, -0.2) is 0 Å². The third kappa shape index (κ3) is 4.20. The highest BCUT2D eigenvalue weighted by molar-refractivity contribution is 5.84. The molecule has 0 saturated carbocycles. The predicted octanol–water partition coefficient (Wildman–Crippen LogP) is 5.03. The third-order valence-electron chi connectivity index (χ3n) is 5.40. The lowest BCUT2D eigenvalue weighted by Crippen LogP contribution is -2.44. The van der Waals surface area contributed by atoms with Gasteiger partial charge >= 0.3 is 0 Å². The van der Waals surface area contributed by atoms with Gasteiger partial charge in [0.2, 0.25) is 0 Å². The second-order valence-corrected chi connectivity index (χ2v) is 8.30. The summed E-state index contributed by atoms with van der Waals surface area (Å²) < 4.78 is 17.4. The third-order valence-corrected chi connectivity index (χ3v) is 5.40. The topological polar surface area (TPSA) is 56.8 Å². The molecule has 1 aliphatic heterocycles. The molecule has 0 spiro atoms. The molecule has 1 amide bonds. The molecule has 0 fully saturated rings. The van der Waals surface area contributed by atoms with Crippen LogP contribution in [0.2, 0.25) is 0 Å². The molecule has 1 N–H and O–H groups in total. The second-order valence-electron chi connectivity index (χ2n) is 8.30. The molecular formula is C25H27NO4. The maximum atomic E-state index is 12.9. The van der Waals surface area contributed by atoms with Crippen LogP contribution < -0.4 is 19.5 Å². The summed E-state index contributed by atoms with van der Waals surface area (Å²) in [4.78, 5) is 12.9. The molecular weight excluding hydrogens is 378 g/mol. The van der Waals surface area contributed by atoms with Crippen LogP contribution in [-0.4, -0.2) is 24.7 Å². The van der Waals surface area contributed by atoms with Crippen molar-refractivity contribution in [3.8, 4) is 17.2 Å². The van der Waals surface area contributed by atoms with E-state index >= 15 is 0 Å². The lowest BCUT2D eigenvalue weighted by atomic mass is 9.89. The van der Waals surface area contributed by atoms with Gasteiger partial charge in [0.25, 0.3) is 5.91 Å². The molecule has 1 heterocycles. The summed E-state index contributed by atoms with van der Waals surface area (Å²) in [6.45, 7) is 5.80. The highest BCUT2D eigenvalue weighted by Gasteiger charge is 2.35. The largest absolute Gasteiger partial charge is 0.497 e. The first-order chi connectivity index (χ1) is 14.3. The summed E-state index contributed by atoms with van der Waals surface area (Å²) in [6.07, 6.45) is 0.0413. The number of fused-ring (bicyclic) bond motifs is 2. The number of benzene rings is 3. The van der Waals surface area contributed by atoms with E-state index in [1.54, 1.807) is 14.0 Å². The van der Waals surface area contributed by atoms with E-state index in [0.717, 1.165) is 27.8 Å². The Hall–Kier alpha value is -3.21. The van der Waals surface area contributed by atoms with Crippen molar-refractivity contribution in [2.45, 2.75) is 44.9 Å². The first-order valence-corrected chi connectivity index (χ1v) is 10.2. The second kappa shape index (κ2) is 7.90. The van der Waals surface area contributed by atoms with Crippen molar-refractivity contribution in [3.05, 3.63) is 66.2 Å². The number of rotatable bonds is 5. The van der Waals surface area contributed by atoms with E-state index in [1.807, 2.05) is 68.4 Å². The van der Waals surface area contributed by atoms with E-state index in [1.165, 1.54) is 0 Å². The van der Waals surface area contributed by atoms with Gasteiger partial charge in [0.15, 0.2) is 6.10 Å². The Kier molecular flexibility index (Phi) is 5.29. The highest BCUT2D eigenvalue weighted by atomic mass is 16.5. The molecule has 4 rings (SSSR count). The van der Waals surface area contributed by atoms with Gasteiger partial charge < -0.3 is 19.5 Å². The fraction of sp³-hybridized carbons (Fsp3) is 0.320. The summed E-state index contributed by atoms with van der Waals surface area (Å²) in [5.41, 5.74) is 0.543. The molecule has 156 valence electrons. The van der Waals surface area contributed by atoms with E-state index in [2.05, 4.69) is 11.4 Å². The van der Waals surface area contributed by atoms with Gasteiger partial charge in [-0.15, -0.1) is 0 Å². The summed E-state index contributed by atoms with van der Waals surface area (Å²) in [5.74, 6) is 1.98. The average molecular weight is 405 g/mol. The number of nitrogens with one attached hydrogen (secondary N) is 1. The lowest BCUT2D eigenvalue weighted by molar-refractivity contribution is -0.128. The van der Waals surface area contributed by atoms with Crippen molar-refractivity contribution in [3.63, 3.8) is 0 Å². The van der Waals surface area contributed by atoms with Crippen molar-refractivity contribution in [1.82, 2.24) is 5.32 Å². The summed E-state index contributed by atoms with van der Waals surface area (Å²) in [7, 11) is 1.63. The Morgan fingerprint density at radius 3 is 2.57 bits per heavy atom. The van der Waals surface area contributed by atoms with Crippen LogP contribution in [0.25, 0.3) is 10.8 Å². The van der Waals surface area contributed by atoms with Crippen molar-refractivity contribution in [1.29, 1.82) is 0 Å². The predicted molar refractivity (Wildman–Crippen MR) is 117 cm³/mol. The summed E-state index contributed by atoms with van der Waals surface area (Å²) >= 11 is 0. The zero-order valence-corrected chi connectivity index (χ0v) is 17.8. The Morgan fingerprint density at radius 2 is 1.80 bits per heavy atom. The Bertz CT molecular complexity index is 1080. The van der Waals surface area contributed by atoms with E-state index in [4.69, 9.17) is 14.2 Å². The zero-order chi connectivity index (χ0) is 21.3. The van der Waals surface area contributed by atoms with E-state index in [0.29, 0.717) is 12.2 Å². The molecule has 0 aliphatic carbocycles. The van der Waals surface area contributed by atoms with Gasteiger partial charge in [0, 0.05) is 18.1 Å². The Balaban J connectivity index is 1.49. The molecule has 3 aromatic carbocycles. The van der Waals surface area contributed by atoms with Crippen LogP contribution in [0.5, 0.6) is 17.2 Å². The van der Waals surface area contributed by atoms with Crippen molar-refractivity contribution < 1.29 is 19.0 Å². The number of amides is 1. The van der Waals surface area contributed by atoms with Gasteiger partial charge in [-0.3, -0.25) is 4.79 Å². The number of methoxy groups -OCH3 is 1. The number of ether oxygens (including phenoxy) is 3. The van der Waals surface area contributed by atoms with Crippen molar-refractivity contribution in [2.24, 2.45) is 0 Å². The molecule has 1 aliphatic rings. The van der Waals surface area contributed by atoms with Gasteiger partial charge in [0.05, 0.1) is 13.2 Å². The fourth-order valence-corrected chi connectivity index (χ4v) is 3.88. The number of hydrogen-bond donors (Lipinski definition) is 1. The van der Waals surface area contributed by atoms with E-state index in [-0.39, 0.29) is 11.9 Å². The maximum Gasteiger partial charge on any atom is 0.261 e. The molecule has 0 aromatic heterocycles.